The van der Waals surface area contributed by atoms with Gasteiger partial charge in [-0.1, -0.05) is 0 Å². The smallest absolute Gasteiger partial charge is 0.128 e. The van der Waals surface area contributed by atoms with E-state index in [1.165, 1.54) is 0 Å². The normalized spacial score (nSPS) is 26.9. The SMILES string of the molecule is C=S1(=O)Nc2ccncc2N1. The van der Waals surface area contributed by atoms with Crippen LogP contribution in [-0.2, 0) is 9.89 Å². The number of hydrogen-bond donors (Lipinski definition) is 2. The Balaban J connectivity index is 2.57. The third-order valence-electron chi connectivity index (χ3n) is 1.37. The van der Waals surface area contributed by atoms with E-state index < -0.39 is 9.89 Å². The van der Waals surface area contributed by atoms with E-state index in [9.17, 15) is 4.21 Å². The van der Waals surface area contributed by atoms with Gasteiger partial charge < -0.3 is 0 Å². The molecule has 0 amide bonds. The molecule has 2 heterocycles. The summed E-state index contributed by atoms with van der Waals surface area (Å²) in [5, 5.41) is 0. The molecule has 0 fully saturated rings. The topological polar surface area (TPSA) is 54.0 Å². The molecule has 2 N–H and O–H groups in total. The Labute approximate surface area is 64.9 Å². The summed E-state index contributed by atoms with van der Waals surface area (Å²) in [5.41, 5.74) is 1.53. The van der Waals surface area contributed by atoms with Crippen LogP contribution in [0.4, 0.5) is 11.4 Å². The van der Waals surface area contributed by atoms with Crippen molar-refractivity contribution in [1.29, 1.82) is 0 Å². The second-order valence-electron chi connectivity index (χ2n) is 2.30. The highest BCUT2D eigenvalue weighted by molar-refractivity contribution is 8.03. The van der Waals surface area contributed by atoms with Crippen molar-refractivity contribution in [2.75, 3.05) is 9.44 Å². The lowest BCUT2D eigenvalue weighted by Gasteiger charge is -1.97. The van der Waals surface area contributed by atoms with Crippen LogP contribution in [0.25, 0.3) is 0 Å². The molecule has 2 rings (SSSR count). The Morgan fingerprint density at radius 1 is 1.45 bits per heavy atom. The predicted molar refractivity (Wildman–Crippen MR) is 46.7 cm³/mol. The van der Waals surface area contributed by atoms with Crippen molar-refractivity contribution in [1.82, 2.24) is 4.98 Å². The number of fused-ring (bicyclic) bond motifs is 1. The van der Waals surface area contributed by atoms with E-state index in [1.807, 2.05) is 0 Å². The molecule has 1 aliphatic rings. The molecule has 1 unspecified atom stereocenters. The third-order valence-corrected chi connectivity index (χ3v) is 2.47. The molecule has 1 aromatic heterocycles. The van der Waals surface area contributed by atoms with Crippen LogP contribution in [0.3, 0.4) is 0 Å². The Hall–Kier alpha value is -1.23. The number of hydrogen-bond acceptors (Lipinski definition) is 2. The zero-order valence-corrected chi connectivity index (χ0v) is 6.52. The molecule has 0 aromatic carbocycles. The molecule has 0 bridgehead atoms. The molecule has 58 valence electrons. The number of nitrogens with zero attached hydrogens (tertiary/aromatic N) is 1. The van der Waals surface area contributed by atoms with Gasteiger partial charge in [0.1, 0.15) is 9.89 Å². The van der Waals surface area contributed by atoms with Crippen LogP contribution in [0.5, 0.6) is 0 Å². The van der Waals surface area contributed by atoms with Gasteiger partial charge in [0.05, 0.1) is 17.6 Å². The van der Waals surface area contributed by atoms with Gasteiger partial charge in [-0.2, -0.15) is 0 Å². The van der Waals surface area contributed by atoms with Crippen molar-refractivity contribution >= 4 is 27.1 Å². The van der Waals surface area contributed by atoms with E-state index in [0.29, 0.717) is 0 Å². The highest BCUT2D eigenvalue weighted by Crippen LogP contribution is 2.27. The van der Waals surface area contributed by atoms with E-state index >= 15 is 0 Å². The lowest BCUT2D eigenvalue weighted by atomic mass is 10.4. The Morgan fingerprint density at radius 2 is 2.18 bits per heavy atom. The molecule has 4 nitrogen and oxygen atoms in total. The van der Waals surface area contributed by atoms with Crippen molar-refractivity contribution in [3.8, 4) is 0 Å². The van der Waals surface area contributed by atoms with E-state index in [1.54, 1.807) is 18.5 Å². The van der Waals surface area contributed by atoms with Gasteiger partial charge in [0, 0.05) is 6.20 Å². The first-order chi connectivity index (χ1) is 5.17. The van der Waals surface area contributed by atoms with Gasteiger partial charge in [-0.05, 0) is 11.9 Å². The van der Waals surface area contributed by atoms with Gasteiger partial charge in [-0.25, -0.2) is 4.21 Å². The van der Waals surface area contributed by atoms with Crippen LogP contribution in [0.1, 0.15) is 0 Å². The van der Waals surface area contributed by atoms with E-state index in [0.717, 1.165) is 11.4 Å². The van der Waals surface area contributed by atoms with Crippen molar-refractivity contribution in [2.24, 2.45) is 0 Å². The zero-order valence-electron chi connectivity index (χ0n) is 5.70. The Bertz CT molecular complexity index is 354. The molecular formula is C6H7N3OS. The first-order valence-corrected chi connectivity index (χ1v) is 4.77. The lowest BCUT2D eigenvalue weighted by molar-refractivity contribution is 0.688. The zero-order chi connectivity index (χ0) is 7.90. The molecule has 0 saturated carbocycles. The standard InChI is InChI=1S/C6H7N3OS/c1-11(10)8-5-2-3-7-4-6(5)9-11/h2-4H,1H2,(H2,8,9,10). The van der Waals surface area contributed by atoms with Crippen molar-refractivity contribution < 1.29 is 4.21 Å². The number of pyridine rings is 1. The minimum atomic E-state index is -2.35. The number of aromatic nitrogens is 1. The molecule has 1 aromatic rings. The van der Waals surface area contributed by atoms with Gasteiger partial charge in [0.2, 0.25) is 0 Å². The third kappa shape index (κ3) is 1.03. The number of anilines is 2. The molecule has 11 heavy (non-hydrogen) atoms. The van der Waals surface area contributed by atoms with E-state index in [2.05, 4.69) is 20.3 Å². The number of rotatable bonds is 0. The summed E-state index contributed by atoms with van der Waals surface area (Å²) < 4.78 is 16.7. The largest absolute Gasteiger partial charge is 0.295 e. The molecule has 0 radical (unpaired) electrons. The Morgan fingerprint density at radius 3 is 2.91 bits per heavy atom. The summed E-state index contributed by atoms with van der Waals surface area (Å²) in [6.07, 6.45) is 3.24. The van der Waals surface area contributed by atoms with Crippen molar-refractivity contribution in [2.45, 2.75) is 0 Å². The first-order valence-electron chi connectivity index (χ1n) is 3.04. The maximum Gasteiger partial charge on any atom is 0.128 e. The highest BCUT2D eigenvalue weighted by atomic mass is 32.2. The summed E-state index contributed by atoms with van der Waals surface area (Å²) in [6, 6.07) is 1.75. The fraction of sp³-hybridized carbons (Fsp3) is 0. The van der Waals surface area contributed by atoms with Crippen molar-refractivity contribution in [3.05, 3.63) is 18.5 Å². The average Bonchev–Trinajstić information content (AvgIpc) is 2.21. The summed E-state index contributed by atoms with van der Waals surface area (Å²) in [6.45, 7) is 0. The second kappa shape index (κ2) is 1.88. The summed E-state index contributed by atoms with van der Waals surface area (Å²) in [7, 11) is -2.35. The van der Waals surface area contributed by atoms with Gasteiger partial charge >= 0.3 is 0 Å². The molecule has 0 spiro atoms. The maximum absolute atomic E-state index is 11.3. The van der Waals surface area contributed by atoms with Gasteiger partial charge in [0.15, 0.2) is 0 Å². The average molecular weight is 169 g/mol. The molecule has 5 heteroatoms. The summed E-state index contributed by atoms with van der Waals surface area (Å²) >= 11 is 0. The molecule has 0 aliphatic carbocycles. The van der Waals surface area contributed by atoms with E-state index in [4.69, 9.17) is 0 Å². The quantitative estimate of drug-likeness (QED) is 0.554. The minimum Gasteiger partial charge on any atom is -0.295 e. The minimum absolute atomic E-state index is 0.743. The van der Waals surface area contributed by atoms with Crippen LogP contribution in [0.15, 0.2) is 18.5 Å². The van der Waals surface area contributed by atoms with Gasteiger partial charge in [-0.15, -0.1) is 0 Å². The predicted octanol–water partition coefficient (Wildman–Crippen LogP) is 0.465. The van der Waals surface area contributed by atoms with Gasteiger partial charge in [-0.3, -0.25) is 14.4 Å². The molecule has 0 saturated heterocycles. The van der Waals surface area contributed by atoms with Gasteiger partial charge in [0.25, 0.3) is 0 Å². The lowest BCUT2D eigenvalue weighted by Crippen LogP contribution is -2.12. The van der Waals surface area contributed by atoms with Crippen LogP contribution in [0, 0.1) is 0 Å². The molecule has 1 atom stereocenters. The monoisotopic (exact) mass is 169 g/mol. The van der Waals surface area contributed by atoms with Crippen LogP contribution < -0.4 is 9.44 Å². The van der Waals surface area contributed by atoms with Crippen LogP contribution in [0.2, 0.25) is 0 Å². The van der Waals surface area contributed by atoms with Crippen molar-refractivity contribution in [3.63, 3.8) is 0 Å². The maximum atomic E-state index is 11.3. The van der Waals surface area contributed by atoms with E-state index in [-0.39, 0.29) is 0 Å². The fourth-order valence-corrected chi connectivity index (χ4v) is 2.05. The second-order valence-corrected chi connectivity index (χ2v) is 4.06. The highest BCUT2D eigenvalue weighted by Gasteiger charge is 2.15. The van der Waals surface area contributed by atoms with Crippen LogP contribution in [-0.4, -0.2) is 15.1 Å². The first kappa shape index (κ1) is 6.48. The summed E-state index contributed by atoms with van der Waals surface area (Å²) in [4.78, 5) is 3.87. The Kier molecular flexibility index (Phi) is 1.11. The molecule has 1 aliphatic heterocycles. The summed E-state index contributed by atoms with van der Waals surface area (Å²) in [5.74, 6) is 3.46. The molecular weight excluding hydrogens is 162 g/mol. The number of nitrogens with one attached hydrogen (secondary N) is 2. The van der Waals surface area contributed by atoms with Crippen LogP contribution >= 0.6 is 0 Å². The fourth-order valence-electron chi connectivity index (χ4n) is 0.946.